The molecule has 0 aliphatic carbocycles. The lowest BCUT2D eigenvalue weighted by molar-refractivity contribution is -0.0450. The van der Waals surface area contributed by atoms with Gasteiger partial charge in [0.15, 0.2) is 0 Å². The summed E-state index contributed by atoms with van der Waals surface area (Å²) in [6, 6.07) is 14.9. The molecule has 28 heavy (non-hydrogen) atoms. The Morgan fingerprint density at radius 1 is 1.00 bits per heavy atom. The third-order valence-electron chi connectivity index (χ3n) is 4.19. The zero-order valence-corrected chi connectivity index (χ0v) is 16.5. The van der Waals surface area contributed by atoms with Crippen molar-refractivity contribution in [2.45, 2.75) is 22.9 Å². The predicted octanol–water partition coefficient (Wildman–Crippen LogP) is 4.97. The van der Waals surface area contributed by atoms with Crippen molar-refractivity contribution in [1.82, 2.24) is 9.29 Å². The smallest absolute Gasteiger partial charge is 0.343 e. The molecule has 0 saturated carbocycles. The van der Waals surface area contributed by atoms with E-state index in [-0.39, 0.29) is 5.56 Å². The molecule has 3 aromatic rings. The van der Waals surface area contributed by atoms with Crippen molar-refractivity contribution in [2.75, 3.05) is 0 Å². The minimum absolute atomic E-state index is 0.259. The molecule has 150 valence electrons. The highest BCUT2D eigenvalue weighted by Crippen LogP contribution is 2.35. The Bertz CT molecular complexity index is 1070. The average Bonchev–Trinajstić information content (AvgIpc) is 2.98. The van der Waals surface area contributed by atoms with Gasteiger partial charge in [0.2, 0.25) is 0 Å². The summed E-state index contributed by atoms with van der Waals surface area (Å²) in [5.41, 5.74) is -3.53. The number of hydrogen-bond acceptors (Lipinski definition) is 2. The third-order valence-corrected chi connectivity index (χ3v) is 5.87. The second-order valence-electron chi connectivity index (χ2n) is 6.09. The van der Waals surface area contributed by atoms with E-state index in [2.05, 4.69) is 0 Å². The Morgan fingerprint density at radius 2 is 1.61 bits per heavy atom. The highest BCUT2D eigenvalue weighted by atomic mass is 35.5. The second kappa shape index (κ2) is 7.94. The maximum absolute atomic E-state index is 12.8. The molecule has 4 nitrogen and oxygen atoms in total. The molecule has 0 bridgehead atoms. The first-order valence-corrected chi connectivity index (χ1v) is 10.4. The monoisotopic (exact) mass is 450 g/mol. The van der Waals surface area contributed by atoms with Gasteiger partial charge in [0.05, 0.1) is 6.04 Å². The Hall–Kier alpha value is -1.74. The molecule has 0 aliphatic heterocycles. The summed E-state index contributed by atoms with van der Waals surface area (Å²) in [6.45, 7) is 0.440. The van der Waals surface area contributed by atoms with Gasteiger partial charge in [-0.15, -0.1) is 23.2 Å². The zero-order valence-electron chi connectivity index (χ0n) is 14.2. The number of fused-ring (bicyclic) bond motifs is 1. The van der Waals surface area contributed by atoms with E-state index in [0.717, 1.165) is 5.56 Å². The van der Waals surface area contributed by atoms with Gasteiger partial charge in [-0.05, 0) is 17.2 Å². The quantitative estimate of drug-likeness (QED) is 0.538. The number of alkyl halides is 5. The fourth-order valence-electron chi connectivity index (χ4n) is 2.92. The molecule has 3 rings (SSSR count). The molecule has 0 spiro atoms. The van der Waals surface area contributed by atoms with E-state index in [1.165, 1.54) is 0 Å². The van der Waals surface area contributed by atoms with E-state index in [1.807, 2.05) is 34.9 Å². The highest BCUT2D eigenvalue weighted by Gasteiger charge is 2.48. The molecule has 1 aromatic heterocycles. The van der Waals surface area contributed by atoms with Crippen molar-refractivity contribution >= 4 is 44.1 Å². The predicted molar refractivity (Wildman–Crippen MR) is 104 cm³/mol. The van der Waals surface area contributed by atoms with Gasteiger partial charge < -0.3 is 4.57 Å². The molecule has 0 fully saturated rings. The normalized spacial score (nSPS) is 13.9. The first-order chi connectivity index (χ1) is 13.1. The van der Waals surface area contributed by atoms with Gasteiger partial charge in [-0.25, -0.2) is 8.42 Å². The lowest BCUT2D eigenvalue weighted by Gasteiger charge is -2.20. The summed E-state index contributed by atoms with van der Waals surface area (Å²) in [6.07, 6.45) is 1.57. The van der Waals surface area contributed by atoms with E-state index in [9.17, 15) is 21.6 Å². The Kier molecular flexibility index (Phi) is 5.95. The zero-order chi connectivity index (χ0) is 20.5. The van der Waals surface area contributed by atoms with E-state index in [4.69, 9.17) is 23.2 Å². The van der Waals surface area contributed by atoms with Crippen LogP contribution < -0.4 is 4.72 Å². The van der Waals surface area contributed by atoms with Crippen LogP contribution in [0.3, 0.4) is 0 Å². The Balaban J connectivity index is 2.08. The highest BCUT2D eigenvalue weighted by molar-refractivity contribution is 7.90. The molecule has 0 aliphatic rings. The van der Waals surface area contributed by atoms with Crippen molar-refractivity contribution in [3.05, 3.63) is 71.9 Å². The van der Waals surface area contributed by atoms with Crippen molar-refractivity contribution in [1.29, 1.82) is 0 Å². The van der Waals surface area contributed by atoms with E-state index in [1.54, 1.807) is 35.2 Å². The summed E-state index contributed by atoms with van der Waals surface area (Å²) in [5.74, 6) is 0. The minimum Gasteiger partial charge on any atom is -0.343 e. The van der Waals surface area contributed by atoms with Gasteiger partial charge in [0.25, 0.3) is 0 Å². The molecule has 1 atom stereocenters. The first kappa shape index (κ1) is 21.0. The summed E-state index contributed by atoms with van der Waals surface area (Å²) < 4.78 is 65.1. The number of benzene rings is 2. The number of halogens is 5. The number of rotatable bonds is 6. The van der Waals surface area contributed by atoms with Gasteiger partial charge in [-0.3, -0.25) is 0 Å². The summed E-state index contributed by atoms with van der Waals surface area (Å²) in [4.78, 5) is -1.44. The van der Waals surface area contributed by atoms with Gasteiger partial charge in [-0.1, -0.05) is 48.5 Å². The minimum atomic E-state index is -5.64. The van der Waals surface area contributed by atoms with Crippen LogP contribution in [0.25, 0.3) is 10.9 Å². The fraction of sp³-hybridized carbons (Fsp3) is 0.222. The number of hydrogen-bond donors (Lipinski definition) is 1. The molecule has 10 heteroatoms. The van der Waals surface area contributed by atoms with Crippen molar-refractivity contribution in [3.63, 3.8) is 0 Å². The maximum Gasteiger partial charge on any atom is 0.511 e. The van der Waals surface area contributed by atoms with Gasteiger partial charge in [0, 0.05) is 23.6 Å². The Labute approximate surface area is 169 Å². The summed E-state index contributed by atoms with van der Waals surface area (Å²) in [5, 5.41) is 0.555. The molecule has 1 unspecified atom stereocenters. The average molecular weight is 451 g/mol. The lowest BCUT2D eigenvalue weighted by Crippen LogP contribution is -2.40. The molecular formula is C18H15Cl2F3N2O2S. The maximum atomic E-state index is 12.8. The SMILES string of the molecule is O=S(=O)(NC(c1cn(Cc2ccccc2)c2ccccc12)C(Cl)Cl)C(F)(F)F. The first-order valence-electron chi connectivity index (χ1n) is 8.08. The molecule has 0 saturated heterocycles. The molecule has 1 N–H and O–H groups in total. The van der Waals surface area contributed by atoms with Crippen LogP contribution >= 0.6 is 23.2 Å². The largest absolute Gasteiger partial charge is 0.511 e. The van der Waals surface area contributed by atoms with Crippen LogP contribution in [0.15, 0.2) is 60.8 Å². The van der Waals surface area contributed by atoms with Crippen molar-refractivity contribution in [3.8, 4) is 0 Å². The van der Waals surface area contributed by atoms with E-state index in [0.29, 0.717) is 17.4 Å². The topological polar surface area (TPSA) is 51.1 Å². The standard InChI is InChI=1S/C18H15Cl2F3N2O2S/c19-17(20)16(24-28(26,27)18(21,22)23)14-11-25(10-12-6-2-1-3-7-12)15-9-5-4-8-13(14)15/h1-9,11,16-17,24H,10H2. The number of nitrogens with one attached hydrogen (secondary N) is 1. The third kappa shape index (κ3) is 4.30. The molecule has 2 aromatic carbocycles. The van der Waals surface area contributed by atoms with Crippen LogP contribution in [-0.4, -0.2) is 23.3 Å². The van der Waals surface area contributed by atoms with Crippen molar-refractivity contribution < 1.29 is 21.6 Å². The van der Waals surface area contributed by atoms with Crippen LogP contribution in [0, 0.1) is 0 Å². The van der Waals surface area contributed by atoms with Crippen molar-refractivity contribution in [2.24, 2.45) is 0 Å². The van der Waals surface area contributed by atoms with E-state index < -0.39 is 26.4 Å². The number of aromatic nitrogens is 1. The number of sulfonamides is 1. The molecule has 0 radical (unpaired) electrons. The number of para-hydroxylation sites is 1. The Morgan fingerprint density at radius 3 is 2.21 bits per heavy atom. The summed E-state index contributed by atoms with van der Waals surface area (Å²) in [7, 11) is -5.64. The van der Waals surface area contributed by atoms with E-state index >= 15 is 0 Å². The van der Waals surface area contributed by atoms with Crippen LogP contribution in [0.1, 0.15) is 17.2 Å². The van der Waals surface area contributed by atoms with Crippen LogP contribution in [-0.2, 0) is 16.6 Å². The second-order valence-corrected chi connectivity index (χ2v) is 8.96. The van der Waals surface area contributed by atoms with Crippen LogP contribution in [0.2, 0.25) is 0 Å². The lowest BCUT2D eigenvalue weighted by atomic mass is 10.1. The molecular weight excluding hydrogens is 436 g/mol. The number of nitrogens with zero attached hydrogens (tertiary/aromatic N) is 1. The molecule has 1 heterocycles. The van der Waals surface area contributed by atoms with Gasteiger partial charge in [-0.2, -0.15) is 17.9 Å². The molecule has 0 amide bonds. The fourth-order valence-corrected chi connectivity index (χ4v) is 4.20. The summed E-state index contributed by atoms with van der Waals surface area (Å²) >= 11 is 11.7. The van der Waals surface area contributed by atoms with Crippen LogP contribution in [0.4, 0.5) is 13.2 Å². The van der Waals surface area contributed by atoms with Gasteiger partial charge in [0.1, 0.15) is 4.84 Å². The van der Waals surface area contributed by atoms with Gasteiger partial charge >= 0.3 is 15.5 Å². The van der Waals surface area contributed by atoms with Crippen LogP contribution in [0.5, 0.6) is 0 Å².